The van der Waals surface area contributed by atoms with Gasteiger partial charge in [-0.15, -0.1) is 0 Å². The summed E-state index contributed by atoms with van der Waals surface area (Å²) in [6.45, 7) is 1.61. The molecule has 5 nitrogen and oxygen atoms in total. The number of carboxylic acid groups (broad SMARTS) is 1. The van der Waals surface area contributed by atoms with Gasteiger partial charge in [0.1, 0.15) is 11.8 Å². The van der Waals surface area contributed by atoms with Crippen LogP contribution in [0.2, 0.25) is 0 Å². The molecule has 1 aromatic rings. The minimum atomic E-state index is -1.01. The Morgan fingerprint density at radius 3 is 3.13 bits per heavy atom. The highest BCUT2D eigenvalue weighted by molar-refractivity contribution is 5.71. The second kappa shape index (κ2) is 5.08. The highest BCUT2D eigenvalue weighted by atomic mass is 16.5. The maximum atomic E-state index is 10.5. The van der Waals surface area contributed by atoms with Crippen molar-refractivity contribution in [3.8, 4) is 6.07 Å². The lowest BCUT2D eigenvalue weighted by Crippen LogP contribution is -2.19. The fraction of sp³-hybridized carbons (Fsp3) is 0.300. The SMILES string of the molecule is C[C@H](OCc1ccnc(C#N)c1)C(=O)O. The predicted molar refractivity (Wildman–Crippen MR) is 50.8 cm³/mol. The Morgan fingerprint density at radius 1 is 1.80 bits per heavy atom. The Balaban J connectivity index is 2.58. The van der Waals surface area contributed by atoms with Crippen LogP contribution in [-0.4, -0.2) is 22.2 Å². The predicted octanol–water partition coefficient (Wildman–Crippen LogP) is 0.943. The van der Waals surface area contributed by atoms with Gasteiger partial charge in [0.15, 0.2) is 6.10 Å². The Bertz CT molecular complexity index is 398. The van der Waals surface area contributed by atoms with Crippen LogP contribution >= 0.6 is 0 Å². The summed E-state index contributed by atoms with van der Waals surface area (Å²) in [6, 6.07) is 5.13. The fourth-order valence-corrected chi connectivity index (χ4v) is 0.918. The second-order valence-electron chi connectivity index (χ2n) is 2.95. The summed E-state index contributed by atoms with van der Waals surface area (Å²) in [5.74, 6) is -1.01. The Kier molecular flexibility index (Phi) is 3.77. The van der Waals surface area contributed by atoms with Gasteiger partial charge in [-0.1, -0.05) is 0 Å². The number of aromatic nitrogens is 1. The first-order valence-corrected chi connectivity index (χ1v) is 4.33. The molecule has 0 bridgehead atoms. The van der Waals surface area contributed by atoms with Gasteiger partial charge in [0, 0.05) is 6.20 Å². The number of carboxylic acids is 1. The first kappa shape index (κ1) is 11.1. The van der Waals surface area contributed by atoms with Gasteiger partial charge in [-0.2, -0.15) is 5.26 Å². The lowest BCUT2D eigenvalue weighted by atomic mass is 10.2. The van der Waals surface area contributed by atoms with E-state index in [-0.39, 0.29) is 6.61 Å². The summed E-state index contributed by atoms with van der Waals surface area (Å²) in [7, 11) is 0. The van der Waals surface area contributed by atoms with Crippen LogP contribution in [0.1, 0.15) is 18.2 Å². The van der Waals surface area contributed by atoms with E-state index in [1.54, 1.807) is 12.1 Å². The minimum absolute atomic E-state index is 0.157. The Labute approximate surface area is 86.9 Å². The molecule has 0 saturated heterocycles. The van der Waals surface area contributed by atoms with Crippen molar-refractivity contribution < 1.29 is 14.6 Å². The molecule has 0 aromatic carbocycles. The molecule has 1 atom stereocenters. The third kappa shape index (κ3) is 3.37. The van der Waals surface area contributed by atoms with Gasteiger partial charge in [0.05, 0.1) is 6.61 Å². The number of ether oxygens (including phenoxy) is 1. The lowest BCUT2D eigenvalue weighted by Gasteiger charge is -2.07. The first-order valence-electron chi connectivity index (χ1n) is 4.33. The Morgan fingerprint density at radius 2 is 2.53 bits per heavy atom. The highest BCUT2D eigenvalue weighted by Crippen LogP contribution is 2.04. The van der Waals surface area contributed by atoms with Gasteiger partial charge in [-0.25, -0.2) is 9.78 Å². The van der Waals surface area contributed by atoms with Crippen molar-refractivity contribution in [3.05, 3.63) is 29.6 Å². The summed E-state index contributed by atoms with van der Waals surface area (Å²) >= 11 is 0. The van der Waals surface area contributed by atoms with Gasteiger partial charge >= 0.3 is 5.97 Å². The monoisotopic (exact) mass is 206 g/mol. The van der Waals surface area contributed by atoms with Crippen LogP contribution in [0.5, 0.6) is 0 Å². The van der Waals surface area contributed by atoms with Gasteiger partial charge < -0.3 is 9.84 Å². The molecular formula is C10H10N2O3. The van der Waals surface area contributed by atoms with Crippen molar-refractivity contribution in [2.45, 2.75) is 19.6 Å². The Hall–Kier alpha value is -1.93. The molecule has 0 radical (unpaired) electrons. The first-order chi connectivity index (χ1) is 7.13. The van der Waals surface area contributed by atoms with Crippen LogP contribution in [0, 0.1) is 11.3 Å². The molecule has 0 aliphatic carbocycles. The number of pyridine rings is 1. The van der Waals surface area contributed by atoms with E-state index in [0.717, 1.165) is 5.56 Å². The van der Waals surface area contributed by atoms with Crippen molar-refractivity contribution in [2.75, 3.05) is 0 Å². The smallest absolute Gasteiger partial charge is 0.332 e. The number of aliphatic carboxylic acids is 1. The third-order valence-corrected chi connectivity index (χ3v) is 1.79. The van der Waals surface area contributed by atoms with E-state index in [1.807, 2.05) is 6.07 Å². The zero-order valence-electron chi connectivity index (χ0n) is 8.17. The molecule has 0 amide bonds. The molecule has 0 spiro atoms. The van der Waals surface area contributed by atoms with Gasteiger partial charge in [0.2, 0.25) is 0 Å². The van der Waals surface area contributed by atoms with E-state index >= 15 is 0 Å². The van der Waals surface area contributed by atoms with E-state index in [2.05, 4.69) is 4.98 Å². The number of nitrogens with zero attached hydrogens (tertiary/aromatic N) is 2. The van der Waals surface area contributed by atoms with Gasteiger partial charge in [-0.05, 0) is 24.6 Å². The minimum Gasteiger partial charge on any atom is -0.479 e. The third-order valence-electron chi connectivity index (χ3n) is 1.79. The molecule has 1 aromatic heterocycles. The van der Waals surface area contributed by atoms with E-state index in [4.69, 9.17) is 15.1 Å². The number of hydrogen-bond acceptors (Lipinski definition) is 4. The number of nitriles is 1. The van der Waals surface area contributed by atoms with Crippen molar-refractivity contribution in [1.82, 2.24) is 4.98 Å². The zero-order chi connectivity index (χ0) is 11.3. The maximum Gasteiger partial charge on any atom is 0.332 e. The molecule has 1 rings (SSSR count). The molecule has 5 heteroatoms. The molecule has 0 aliphatic rings. The van der Waals surface area contributed by atoms with E-state index < -0.39 is 12.1 Å². The van der Waals surface area contributed by atoms with E-state index in [9.17, 15) is 4.79 Å². The largest absolute Gasteiger partial charge is 0.479 e. The van der Waals surface area contributed by atoms with Gasteiger partial charge in [0.25, 0.3) is 0 Å². The van der Waals surface area contributed by atoms with Crippen molar-refractivity contribution in [3.63, 3.8) is 0 Å². The van der Waals surface area contributed by atoms with Crippen molar-refractivity contribution >= 4 is 5.97 Å². The fourth-order valence-electron chi connectivity index (χ4n) is 0.918. The average molecular weight is 206 g/mol. The summed E-state index contributed by atoms with van der Waals surface area (Å²) in [5, 5.41) is 17.2. The molecule has 0 aliphatic heterocycles. The van der Waals surface area contributed by atoms with Crippen molar-refractivity contribution in [1.29, 1.82) is 5.26 Å². The van der Waals surface area contributed by atoms with Crippen LogP contribution in [0.3, 0.4) is 0 Å². The molecule has 0 saturated carbocycles. The average Bonchev–Trinajstić information content (AvgIpc) is 2.26. The van der Waals surface area contributed by atoms with Crippen molar-refractivity contribution in [2.24, 2.45) is 0 Å². The summed E-state index contributed by atoms with van der Waals surface area (Å²) < 4.78 is 5.05. The molecule has 0 unspecified atom stereocenters. The summed E-state index contributed by atoms with van der Waals surface area (Å²) in [5.41, 5.74) is 1.02. The van der Waals surface area contributed by atoms with Crippen LogP contribution in [-0.2, 0) is 16.1 Å². The molecule has 78 valence electrons. The standard InChI is InChI=1S/C10H10N2O3/c1-7(10(13)14)15-6-8-2-3-12-9(4-8)5-11/h2-4,7H,6H2,1H3,(H,13,14)/t7-/m0/s1. The maximum absolute atomic E-state index is 10.5. The molecular weight excluding hydrogens is 196 g/mol. The van der Waals surface area contributed by atoms with E-state index in [1.165, 1.54) is 13.1 Å². The molecule has 0 fully saturated rings. The lowest BCUT2D eigenvalue weighted by molar-refractivity contribution is -0.149. The number of hydrogen-bond donors (Lipinski definition) is 1. The van der Waals surface area contributed by atoms with Crippen LogP contribution in [0.4, 0.5) is 0 Å². The molecule has 1 N–H and O–H groups in total. The summed E-state index contributed by atoms with van der Waals surface area (Å²) in [4.78, 5) is 14.2. The molecule has 15 heavy (non-hydrogen) atoms. The normalized spacial score (nSPS) is 11.7. The van der Waals surface area contributed by atoms with Crippen LogP contribution in [0.15, 0.2) is 18.3 Å². The topological polar surface area (TPSA) is 83.2 Å². The number of carbonyl (C=O) groups is 1. The number of rotatable bonds is 4. The van der Waals surface area contributed by atoms with Gasteiger partial charge in [-0.3, -0.25) is 0 Å². The zero-order valence-corrected chi connectivity index (χ0v) is 8.17. The molecule has 1 heterocycles. The van der Waals surface area contributed by atoms with Crippen LogP contribution in [0.25, 0.3) is 0 Å². The summed E-state index contributed by atoms with van der Waals surface area (Å²) in [6.07, 6.45) is 0.631. The highest BCUT2D eigenvalue weighted by Gasteiger charge is 2.10. The quantitative estimate of drug-likeness (QED) is 0.792. The second-order valence-corrected chi connectivity index (χ2v) is 2.95. The van der Waals surface area contributed by atoms with E-state index in [0.29, 0.717) is 5.69 Å². The van der Waals surface area contributed by atoms with Crippen LogP contribution < -0.4 is 0 Å².